The predicted molar refractivity (Wildman–Crippen MR) is 61.3 cm³/mol. The molecule has 1 heterocycles. The SMILES string of the molecule is CC(CNC(=O)c1cnc(Cl)cn1)C1CC1. The highest BCUT2D eigenvalue weighted by Gasteiger charge is 2.27. The van der Waals surface area contributed by atoms with Crippen LogP contribution >= 0.6 is 11.6 Å². The Morgan fingerprint density at radius 3 is 2.88 bits per heavy atom. The van der Waals surface area contributed by atoms with E-state index < -0.39 is 0 Å². The first-order chi connectivity index (χ1) is 7.66. The Morgan fingerprint density at radius 2 is 2.31 bits per heavy atom. The zero-order chi connectivity index (χ0) is 11.5. The lowest BCUT2D eigenvalue weighted by Gasteiger charge is -2.10. The number of aromatic nitrogens is 2. The molecule has 1 aliphatic carbocycles. The van der Waals surface area contributed by atoms with E-state index in [4.69, 9.17) is 11.6 Å². The van der Waals surface area contributed by atoms with Crippen molar-refractivity contribution in [2.75, 3.05) is 6.54 Å². The highest BCUT2D eigenvalue weighted by molar-refractivity contribution is 6.29. The molecule has 86 valence electrons. The summed E-state index contributed by atoms with van der Waals surface area (Å²) in [5.74, 6) is 1.15. The Morgan fingerprint density at radius 1 is 1.56 bits per heavy atom. The molecule has 0 spiro atoms. The molecule has 1 unspecified atom stereocenters. The van der Waals surface area contributed by atoms with E-state index >= 15 is 0 Å². The molecule has 4 nitrogen and oxygen atoms in total. The molecule has 2 rings (SSSR count). The van der Waals surface area contributed by atoms with Gasteiger partial charge in [0.25, 0.3) is 5.91 Å². The van der Waals surface area contributed by atoms with Gasteiger partial charge >= 0.3 is 0 Å². The van der Waals surface area contributed by atoms with Crippen LogP contribution in [0.15, 0.2) is 12.4 Å². The average molecular weight is 240 g/mol. The van der Waals surface area contributed by atoms with Crippen LogP contribution in [0.3, 0.4) is 0 Å². The zero-order valence-electron chi connectivity index (χ0n) is 9.11. The van der Waals surface area contributed by atoms with Crippen LogP contribution in [0.2, 0.25) is 5.15 Å². The summed E-state index contributed by atoms with van der Waals surface area (Å²) in [4.78, 5) is 19.4. The fourth-order valence-corrected chi connectivity index (χ4v) is 1.70. The van der Waals surface area contributed by atoms with Crippen LogP contribution in [-0.4, -0.2) is 22.4 Å². The predicted octanol–water partition coefficient (Wildman–Crippen LogP) is 1.91. The highest BCUT2D eigenvalue weighted by Crippen LogP contribution is 2.36. The van der Waals surface area contributed by atoms with E-state index in [9.17, 15) is 4.79 Å². The molecule has 16 heavy (non-hydrogen) atoms. The molecule has 1 fully saturated rings. The molecule has 5 heteroatoms. The monoisotopic (exact) mass is 239 g/mol. The standard InChI is InChI=1S/C11H14ClN3O/c1-7(8-2-3-8)4-15-11(16)9-5-14-10(12)6-13-9/h5-8H,2-4H2,1H3,(H,15,16). The molecular formula is C11H14ClN3O. The lowest BCUT2D eigenvalue weighted by molar-refractivity contribution is 0.0941. The molecule has 1 N–H and O–H groups in total. The quantitative estimate of drug-likeness (QED) is 0.873. The van der Waals surface area contributed by atoms with Crippen LogP contribution < -0.4 is 5.32 Å². The summed E-state index contributed by atoms with van der Waals surface area (Å²) in [7, 11) is 0. The normalized spacial score (nSPS) is 16.9. The number of amides is 1. The topological polar surface area (TPSA) is 54.9 Å². The number of hydrogen-bond donors (Lipinski definition) is 1. The van der Waals surface area contributed by atoms with Gasteiger partial charge in [-0.2, -0.15) is 0 Å². The van der Waals surface area contributed by atoms with Crippen molar-refractivity contribution in [3.63, 3.8) is 0 Å². The molecule has 1 atom stereocenters. The molecule has 0 aromatic carbocycles. The smallest absolute Gasteiger partial charge is 0.271 e. The van der Waals surface area contributed by atoms with Gasteiger partial charge in [0.1, 0.15) is 10.8 Å². The van der Waals surface area contributed by atoms with E-state index in [2.05, 4.69) is 22.2 Å². The lowest BCUT2D eigenvalue weighted by atomic mass is 10.1. The van der Waals surface area contributed by atoms with E-state index in [1.165, 1.54) is 25.2 Å². The lowest BCUT2D eigenvalue weighted by Crippen LogP contribution is -2.29. The highest BCUT2D eigenvalue weighted by atomic mass is 35.5. The molecule has 1 aromatic rings. The van der Waals surface area contributed by atoms with Gasteiger partial charge in [-0.05, 0) is 24.7 Å². The first-order valence-corrected chi connectivity index (χ1v) is 5.80. The maximum atomic E-state index is 11.6. The molecule has 0 radical (unpaired) electrons. The van der Waals surface area contributed by atoms with Crippen LogP contribution in [-0.2, 0) is 0 Å². The Balaban J connectivity index is 1.85. The Labute approximate surface area is 99.4 Å². The second kappa shape index (κ2) is 4.78. The third kappa shape index (κ3) is 2.92. The number of halogens is 1. The minimum Gasteiger partial charge on any atom is -0.350 e. The van der Waals surface area contributed by atoms with Gasteiger partial charge in [0.2, 0.25) is 0 Å². The van der Waals surface area contributed by atoms with Crippen molar-refractivity contribution >= 4 is 17.5 Å². The summed E-state index contributed by atoms with van der Waals surface area (Å²) in [6.45, 7) is 2.86. The summed E-state index contributed by atoms with van der Waals surface area (Å²) in [6, 6.07) is 0. The van der Waals surface area contributed by atoms with E-state index in [0.29, 0.717) is 23.3 Å². The van der Waals surface area contributed by atoms with Crippen molar-refractivity contribution in [1.82, 2.24) is 15.3 Å². The fraction of sp³-hybridized carbons (Fsp3) is 0.545. The first kappa shape index (κ1) is 11.3. The van der Waals surface area contributed by atoms with Gasteiger partial charge in [-0.25, -0.2) is 9.97 Å². The van der Waals surface area contributed by atoms with E-state index in [-0.39, 0.29) is 5.91 Å². The van der Waals surface area contributed by atoms with Crippen LogP contribution in [0.25, 0.3) is 0 Å². The van der Waals surface area contributed by atoms with Crippen LogP contribution in [0, 0.1) is 11.8 Å². The van der Waals surface area contributed by atoms with Crippen molar-refractivity contribution in [1.29, 1.82) is 0 Å². The third-order valence-corrected chi connectivity index (χ3v) is 3.06. The van der Waals surface area contributed by atoms with E-state index in [1.54, 1.807) is 0 Å². The number of nitrogens with zero attached hydrogens (tertiary/aromatic N) is 2. The molecule has 1 aliphatic rings. The fourth-order valence-electron chi connectivity index (χ4n) is 1.61. The van der Waals surface area contributed by atoms with Crippen molar-refractivity contribution in [2.45, 2.75) is 19.8 Å². The Bertz CT molecular complexity index is 375. The van der Waals surface area contributed by atoms with Gasteiger partial charge < -0.3 is 5.32 Å². The van der Waals surface area contributed by atoms with Gasteiger partial charge in [0, 0.05) is 6.54 Å². The Kier molecular flexibility index (Phi) is 3.39. The third-order valence-electron chi connectivity index (χ3n) is 2.86. The van der Waals surface area contributed by atoms with Crippen molar-refractivity contribution in [2.24, 2.45) is 11.8 Å². The minimum atomic E-state index is -0.184. The number of rotatable bonds is 4. The van der Waals surface area contributed by atoms with Gasteiger partial charge in [-0.3, -0.25) is 4.79 Å². The second-order valence-corrected chi connectivity index (χ2v) is 4.64. The van der Waals surface area contributed by atoms with Crippen LogP contribution in [0.5, 0.6) is 0 Å². The van der Waals surface area contributed by atoms with Crippen molar-refractivity contribution in [3.8, 4) is 0 Å². The molecule has 0 bridgehead atoms. The number of nitrogens with one attached hydrogen (secondary N) is 1. The minimum absolute atomic E-state index is 0.184. The van der Waals surface area contributed by atoms with Crippen molar-refractivity contribution < 1.29 is 4.79 Å². The molecule has 1 amide bonds. The zero-order valence-corrected chi connectivity index (χ0v) is 9.87. The maximum Gasteiger partial charge on any atom is 0.271 e. The maximum absolute atomic E-state index is 11.6. The van der Waals surface area contributed by atoms with Gasteiger partial charge in [-0.15, -0.1) is 0 Å². The summed E-state index contributed by atoms with van der Waals surface area (Å²) >= 11 is 5.59. The molecule has 1 aromatic heterocycles. The molecule has 0 saturated heterocycles. The first-order valence-electron chi connectivity index (χ1n) is 5.42. The van der Waals surface area contributed by atoms with Crippen molar-refractivity contribution in [3.05, 3.63) is 23.2 Å². The van der Waals surface area contributed by atoms with Gasteiger partial charge in [-0.1, -0.05) is 18.5 Å². The van der Waals surface area contributed by atoms with E-state index in [1.807, 2.05) is 0 Å². The summed E-state index contributed by atoms with van der Waals surface area (Å²) < 4.78 is 0. The van der Waals surface area contributed by atoms with E-state index in [0.717, 1.165) is 5.92 Å². The largest absolute Gasteiger partial charge is 0.350 e. The summed E-state index contributed by atoms with van der Waals surface area (Å²) in [5.41, 5.74) is 0.312. The average Bonchev–Trinajstić information content (AvgIpc) is 3.10. The number of hydrogen-bond acceptors (Lipinski definition) is 3. The second-order valence-electron chi connectivity index (χ2n) is 4.25. The number of carbonyl (C=O) groups is 1. The van der Waals surface area contributed by atoms with Crippen LogP contribution in [0.4, 0.5) is 0 Å². The van der Waals surface area contributed by atoms with Crippen LogP contribution in [0.1, 0.15) is 30.3 Å². The number of carbonyl (C=O) groups excluding carboxylic acids is 1. The molecule has 1 saturated carbocycles. The summed E-state index contributed by atoms with van der Waals surface area (Å²) in [5, 5.41) is 3.15. The molecular weight excluding hydrogens is 226 g/mol. The van der Waals surface area contributed by atoms with Gasteiger partial charge in [0.05, 0.1) is 12.4 Å². The Hall–Kier alpha value is -1.16. The van der Waals surface area contributed by atoms with Gasteiger partial charge in [0.15, 0.2) is 0 Å². The molecule has 0 aliphatic heterocycles. The summed E-state index contributed by atoms with van der Waals surface area (Å²) in [6.07, 6.45) is 5.34.